The zero-order valence-corrected chi connectivity index (χ0v) is 13.7. The SMILES string of the molecule is CN=C(NCCCCSC)NCC1CCCCC1C. The van der Waals surface area contributed by atoms with Crippen LogP contribution in [-0.2, 0) is 0 Å². The Balaban J connectivity index is 2.14. The highest BCUT2D eigenvalue weighted by atomic mass is 32.2. The molecule has 1 aliphatic rings. The van der Waals surface area contributed by atoms with Crippen LogP contribution in [-0.4, -0.2) is 38.1 Å². The smallest absolute Gasteiger partial charge is 0.190 e. The topological polar surface area (TPSA) is 36.4 Å². The van der Waals surface area contributed by atoms with Crippen molar-refractivity contribution in [2.24, 2.45) is 16.8 Å². The van der Waals surface area contributed by atoms with Gasteiger partial charge in [-0.1, -0.05) is 26.2 Å². The fourth-order valence-corrected chi connectivity index (χ4v) is 3.22. The molecule has 1 aliphatic carbocycles. The summed E-state index contributed by atoms with van der Waals surface area (Å²) in [5.41, 5.74) is 0. The van der Waals surface area contributed by atoms with Gasteiger partial charge in [0.2, 0.25) is 0 Å². The molecule has 0 aromatic rings. The van der Waals surface area contributed by atoms with Crippen molar-refractivity contribution in [1.29, 1.82) is 0 Å². The summed E-state index contributed by atoms with van der Waals surface area (Å²) in [6.07, 6.45) is 10.3. The lowest BCUT2D eigenvalue weighted by Crippen LogP contribution is -2.41. The van der Waals surface area contributed by atoms with Crippen LogP contribution in [0, 0.1) is 11.8 Å². The maximum Gasteiger partial charge on any atom is 0.190 e. The largest absolute Gasteiger partial charge is 0.356 e. The number of hydrogen-bond donors (Lipinski definition) is 2. The van der Waals surface area contributed by atoms with Crippen LogP contribution in [0.3, 0.4) is 0 Å². The van der Waals surface area contributed by atoms with E-state index in [1.54, 1.807) is 0 Å². The van der Waals surface area contributed by atoms with Gasteiger partial charge in [-0.2, -0.15) is 11.8 Å². The molecule has 1 rings (SSSR count). The van der Waals surface area contributed by atoms with E-state index in [1.165, 1.54) is 44.3 Å². The number of thioether (sulfide) groups is 1. The molecule has 2 N–H and O–H groups in total. The van der Waals surface area contributed by atoms with Gasteiger partial charge >= 0.3 is 0 Å². The van der Waals surface area contributed by atoms with Gasteiger partial charge in [-0.25, -0.2) is 0 Å². The zero-order chi connectivity index (χ0) is 13.9. The predicted molar refractivity (Wildman–Crippen MR) is 88.1 cm³/mol. The summed E-state index contributed by atoms with van der Waals surface area (Å²) in [6, 6.07) is 0. The fraction of sp³-hybridized carbons (Fsp3) is 0.933. The van der Waals surface area contributed by atoms with Gasteiger partial charge < -0.3 is 10.6 Å². The third-order valence-corrected chi connectivity index (χ3v) is 4.81. The van der Waals surface area contributed by atoms with E-state index in [2.05, 4.69) is 28.8 Å². The molecular formula is C15H31N3S. The molecular weight excluding hydrogens is 254 g/mol. The monoisotopic (exact) mass is 285 g/mol. The van der Waals surface area contributed by atoms with Crippen LogP contribution in [0.2, 0.25) is 0 Å². The number of rotatable bonds is 7. The first-order chi connectivity index (χ1) is 9.27. The van der Waals surface area contributed by atoms with Crippen molar-refractivity contribution in [2.75, 3.05) is 32.1 Å². The van der Waals surface area contributed by atoms with Crippen LogP contribution in [0.4, 0.5) is 0 Å². The van der Waals surface area contributed by atoms with Crippen molar-refractivity contribution in [1.82, 2.24) is 10.6 Å². The van der Waals surface area contributed by atoms with Crippen LogP contribution < -0.4 is 10.6 Å². The molecule has 0 radical (unpaired) electrons. The number of guanidine groups is 1. The van der Waals surface area contributed by atoms with Crippen LogP contribution in [0.1, 0.15) is 45.4 Å². The minimum atomic E-state index is 0.823. The molecule has 0 bridgehead atoms. The fourth-order valence-electron chi connectivity index (χ4n) is 2.72. The van der Waals surface area contributed by atoms with Crippen LogP contribution in [0.15, 0.2) is 4.99 Å². The Morgan fingerprint density at radius 1 is 1.21 bits per heavy atom. The zero-order valence-electron chi connectivity index (χ0n) is 12.9. The Morgan fingerprint density at radius 2 is 2.00 bits per heavy atom. The number of nitrogens with one attached hydrogen (secondary N) is 2. The second kappa shape index (κ2) is 10.4. The van der Waals surface area contributed by atoms with E-state index in [0.29, 0.717) is 0 Å². The molecule has 19 heavy (non-hydrogen) atoms. The molecule has 1 fully saturated rings. The number of aliphatic imine (C=N–C) groups is 1. The second-order valence-electron chi connectivity index (χ2n) is 5.60. The summed E-state index contributed by atoms with van der Waals surface area (Å²) in [5.74, 6) is 3.92. The van der Waals surface area contributed by atoms with Crippen molar-refractivity contribution in [2.45, 2.75) is 45.4 Å². The molecule has 0 heterocycles. The summed E-state index contributed by atoms with van der Waals surface area (Å²) in [7, 11) is 1.86. The Kier molecular flexibility index (Phi) is 9.14. The van der Waals surface area contributed by atoms with Gasteiger partial charge in [-0.15, -0.1) is 0 Å². The lowest BCUT2D eigenvalue weighted by atomic mass is 9.80. The number of nitrogens with zero attached hydrogens (tertiary/aromatic N) is 1. The van der Waals surface area contributed by atoms with Gasteiger partial charge in [-0.3, -0.25) is 4.99 Å². The highest BCUT2D eigenvalue weighted by molar-refractivity contribution is 7.98. The molecule has 2 unspecified atom stereocenters. The lowest BCUT2D eigenvalue weighted by molar-refractivity contribution is 0.256. The molecule has 112 valence electrons. The van der Waals surface area contributed by atoms with Crippen LogP contribution in [0.5, 0.6) is 0 Å². The maximum absolute atomic E-state index is 4.30. The average molecular weight is 286 g/mol. The molecule has 1 saturated carbocycles. The summed E-state index contributed by atoms with van der Waals surface area (Å²) in [4.78, 5) is 4.30. The molecule has 0 spiro atoms. The van der Waals surface area contributed by atoms with E-state index in [-0.39, 0.29) is 0 Å². The third-order valence-electron chi connectivity index (χ3n) is 4.11. The van der Waals surface area contributed by atoms with Gasteiger partial charge in [0, 0.05) is 20.1 Å². The Bertz CT molecular complexity index is 256. The second-order valence-corrected chi connectivity index (χ2v) is 6.59. The van der Waals surface area contributed by atoms with Crippen LogP contribution in [0.25, 0.3) is 0 Å². The lowest BCUT2D eigenvalue weighted by Gasteiger charge is -2.29. The standard InChI is InChI=1S/C15H31N3S/c1-13-8-4-5-9-14(13)12-18-15(16-2)17-10-6-7-11-19-3/h13-14H,4-12H2,1-3H3,(H2,16,17,18). The highest BCUT2D eigenvalue weighted by Gasteiger charge is 2.21. The van der Waals surface area contributed by atoms with Crippen molar-refractivity contribution in [3.05, 3.63) is 0 Å². The highest BCUT2D eigenvalue weighted by Crippen LogP contribution is 2.28. The molecule has 3 nitrogen and oxygen atoms in total. The van der Waals surface area contributed by atoms with Crippen molar-refractivity contribution >= 4 is 17.7 Å². The minimum Gasteiger partial charge on any atom is -0.356 e. The van der Waals surface area contributed by atoms with Crippen LogP contribution >= 0.6 is 11.8 Å². The average Bonchev–Trinajstić information content (AvgIpc) is 2.43. The van der Waals surface area contributed by atoms with E-state index in [4.69, 9.17) is 0 Å². The first kappa shape index (κ1) is 16.7. The van der Waals surface area contributed by atoms with E-state index in [0.717, 1.165) is 30.9 Å². The molecule has 0 aromatic carbocycles. The molecule has 0 aliphatic heterocycles. The first-order valence-corrected chi connectivity index (χ1v) is 9.10. The number of unbranched alkanes of at least 4 members (excludes halogenated alkanes) is 1. The normalized spacial score (nSPS) is 24.3. The minimum absolute atomic E-state index is 0.823. The van der Waals surface area contributed by atoms with Crippen molar-refractivity contribution in [3.63, 3.8) is 0 Å². The Hall–Kier alpha value is -0.380. The molecule has 0 amide bonds. The number of hydrogen-bond acceptors (Lipinski definition) is 2. The van der Waals surface area contributed by atoms with Gasteiger partial charge in [-0.05, 0) is 43.1 Å². The van der Waals surface area contributed by atoms with E-state index >= 15 is 0 Å². The Morgan fingerprint density at radius 3 is 2.68 bits per heavy atom. The third kappa shape index (κ3) is 7.09. The van der Waals surface area contributed by atoms with Gasteiger partial charge in [0.15, 0.2) is 5.96 Å². The van der Waals surface area contributed by atoms with Gasteiger partial charge in [0.05, 0.1) is 0 Å². The molecule has 0 saturated heterocycles. The van der Waals surface area contributed by atoms with E-state index < -0.39 is 0 Å². The van der Waals surface area contributed by atoms with E-state index in [1.807, 2.05) is 18.8 Å². The molecule has 2 atom stereocenters. The first-order valence-electron chi connectivity index (χ1n) is 7.71. The quantitative estimate of drug-likeness (QED) is 0.429. The van der Waals surface area contributed by atoms with Gasteiger partial charge in [0.25, 0.3) is 0 Å². The molecule has 0 aromatic heterocycles. The summed E-state index contributed by atoms with van der Waals surface area (Å²) in [6.45, 7) is 4.50. The molecule has 4 heteroatoms. The predicted octanol–water partition coefficient (Wildman–Crippen LogP) is 3.12. The van der Waals surface area contributed by atoms with Gasteiger partial charge in [0.1, 0.15) is 0 Å². The summed E-state index contributed by atoms with van der Waals surface area (Å²) >= 11 is 1.92. The van der Waals surface area contributed by atoms with E-state index in [9.17, 15) is 0 Å². The van der Waals surface area contributed by atoms with Crippen molar-refractivity contribution < 1.29 is 0 Å². The summed E-state index contributed by atoms with van der Waals surface area (Å²) < 4.78 is 0. The maximum atomic E-state index is 4.30. The Labute approximate surface area is 123 Å². The summed E-state index contributed by atoms with van der Waals surface area (Å²) in [5, 5.41) is 6.91. The van der Waals surface area contributed by atoms with Crippen molar-refractivity contribution in [3.8, 4) is 0 Å².